The van der Waals surface area contributed by atoms with E-state index in [1.165, 1.54) is 0 Å². The fraction of sp³-hybridized carbons (Fsp3) is 0.462. The molecule has 3 N–H and O–H groups in total. The van der Waals surface area contributed by atoms with Crippen LogP contribution in [0.15, 0.2) is 29.5 Å². The molecule has 0 aromatic carbocycles. The Kier molecular flexibility index (Phi) is 5.73. The van der Waals surface area contributed by atoms with E-state index in [2.05, 4.69) is 35.0 Å². The second-order valence-electron chi connectivity index (χ2n) is 5.51. The highest BCUT2D eigenvalue weighted by atomic mass is 127. The standard InChI is InChI=1S/C13H19N5O.HI/c1-13(2)8-14-12(15-9-13)17-16-11(19)10-4-6-18(3)7-5-10;/h4-7H,8-9H2,1-3H3,(H2,14,15,19);1H. The lowest BCUT2D eigenvalue weighted by Gasteiger charge is -2.29. The van der Waals surface area contributed by atoms with Crippen molar-refractivity contribution in [3.05, 3.63) is 30.1 Å². The van der Waals surface area contributed by atoms with E-state index in [4.69, 9.17) is 0 Å². The minimum absolute atomic E-state index is 0. The third kappa shape index (κ3) is 4.62. The van der Waals surface area contributed by atoms with Crippen molar-refractivity contribution in [3.63, 3.8) is 0 Å². The zero-order valence-electron chi connectivity index (χ0n) is 11.9. The maximum absolute atomic E-state index is 11.9. The van der Waals surface area contributed by atoms with Crippen molar-refractivity contribution < 1.29 is 33.3 Å². The maximum atomic E-state index is 11.9. The lowest BCUT2D eigenvalue weighted by atomic mass is 9.93. The molecule has 6 nitrogen and oxygen atoms in total. The Hall–Kier alpha value is -1.38. The van der Waals surface area contributed by atoms with Gasteiger partial charge in [-0.1, -0.05) is 13.8 Å². The third-order valence-corrected chi connectivity index (χ3v) is 2.93. The van der Waals surface area contributed by atoms with Crippen LogP contribution in [-0.4, -0.2) is 25.0 Å². The summed E-state index contributed by atoms with van der Waals surface area (Å²) in [6, 6.07) is 3.52. The molecule has 2 rings (SSSR count). The number of aryl methyl sites for hydroxylation is 1. The van der Waals surface area contributed by atoms with Gasteiger partial charge in [0.15, 0.2) is 12.4 Å². The van der Waals surface area contributed by atoms with Crippen molar-refractivity contribution in [3.8, 4) is 0 Å². The molecule has 0 bridgehead atoms. The van der Waals surface area contributed by atoms with E-state index in [9.17, 15) is 4.79 Å². The van der Waals surface area contributed by atoms with Crippen molar-refractivity contribution in [2.45, 2.75) is 13.8 Å². The summed E-state index contributed by atoms with van der Waals surface area (Å²) in [6.07, 6.45) is 3.65. The Morgan fingerprint density at radius 1 is 1.40 bits per heavy atom. The molecule has 0 radical (unpaired) electrons. The summed E-state index contributed by atoms with van der Waals surface area (Å²) in [6.45, 7) is 5.85. The summed E-state index contributed by atoms with van der Waals surface area (Å²) in [7, 11) is 1.91. The Morgan fingerprint density at radius 3 is 2.60 bits per heavy atom. The average molecular weight is 389 g/mol. The van der Waals surface area contributed by atoms with Crippen LogP contribution in [0, 0.1) is 5.41 Å². The van der Waals surface area contributed by atoms with Gasteiger partial charge in [-0.05, 0) is 0 Å². The molecule has 1 amide bonds. The van der Waals surface area contributed by atoms with Crippen LogP contribution >= 0.6 is 0 Å². The van der Waals surface area contributed by atoms with Crippen molar-refractivity contribution in [2.24, 2.45) is 17.5 Å². The number of hydrogen-bond acceptors (Lipinski definition) is 4. The number of rotatable bonds is 1. The van der Waals surface area contributed by atoms with Crippen LogP contribution in [0.3, 0.4) is 0 Å². The first-order chi connectivity index (χ1) is 8.96. The first-order valence-electron chi connectivity index (χ1n) is 6.26. The number of guanidine groups is 1. The van der Waals surface area contributed by atoms with Crippen molar-refractivity contribution in [1.29, 1.82) is 0 Å². The van der Waals surface area contributed by atoms with E-state index in [1.807, 2.05) is 24.0 Å². The zero-order chi connectivity index (χ0) is 13.9. The van der Waals surface area contributed by atoms with Gasteiger partial charge >= 0.3 is 0 Å². The fourth-order valence-corrected chi connectivity index (χ4v) is 1.65. The first-order valence-corrected chi connectivity index (χ1v) is 6.26. The molecule has 0 atom stereocenters. The van der Waals surface area contributed by atoms with Gasteiger partial charge in [-0.2, -0.15) is 0 Å². The van der Waals surface area contributed by atoms with Crippen molar-refractivity contribution in [1.82, 2.24) is 16.2 Å². The molecular formula is C13H20IN5O. The highest BCUT2D eigenvalue weighted by Gasteiger charge is 2.22. The second-order valence-corrected chi connectivity index (χ2v) is 5.51. The number of hydrazine groups is 1. The predicted octanol–water partition coefficient (Wildman–Crippen LogP) is -3.27. The van der Waals surface area contributed by atoms with E-state index >= 15 is 0 Å². The molecule has 0 saturated heterocycles. The summed E-state index contributed by atoms with van der Waals surface area (Å²) in [4.78, 5) is 16.2. The summed E-state index contributed by atoms with van der Waals surface area (Å²) in [5.74, 6) is 0.420. The second kappa shape index (κ2) is 6.87. The monoisotopic (exact) mass is 389 g/mol. The van der Waals surface area contributed by atoms with Crippen LogP contribution in [0.5, 0.6) is 0 Å². The summed E-state index contributed by atoms with van der Waals surface area (Å²) in [5, 5.41) is 3.15. The van der Waals surface area contributed by atoms with Crippen LogP contribution in [-0.2, 0) is 7.05 Å². The Morgan fingerprint density at radius 2 is 2.05 bits per heavy atom. The van der Waals surface area contributed by atoms with Gasteiger partial charge in [0.2, 0.25) is 5.96 Å². The quantitative estimate of drug-likeness (QED) is 0.268. The minimum Gasteiger partial charge on any atom is -1.00 e. The van der Waals surface area contributed by atoms with Gasteiger partial charge < -0.3 is 29.3 Å². The molecule has 7 heteroatoms. The Balaban J connectivity index is 0.00000200. The molecule has 0 spiro atoms. The van der Waals surface area contributed by atoms with Gasteiger partial charge in [-0.15, -0.1) is 0 Å². The normalized spacial score (nSPS) is 16.2. The Labute approximate surface area is 136 Å². The summed E-state index contributed by atoms with van der Waals surface area (Å²) in [5.41, 5.74) is 6.18. The van der Waals surface area contributed by atoms with Crippen molar-refractivity contribution >= 4 is 11.9 Å². The molecule has 1 aliphatic heterocycles. The molecule has 20 heavy (non-hydrogen) atoms. The van der Waals surface area contributed by atoms with Crippen LogP contribution in [0.2, 0.25) is 0 Å². The largest absolute Gasteiger partial charge is 1.00 e. The highest BCUT2D eigenvalue weighted by Crippen LogP contribution is 2.15. The molecule has 1 aromatic heterocycles. The molecule has 0 aliphatic carbocycles. The first kappa shape index (κ1) is 16.7. The van der Waals surface area contributed by atoms with Crippen LogP contribution in [0.25, 0.3) is 0 Å². The number of halogens is 1. The molecule has 1 aliphatic rings. The molecule has 2 heterocycles. The van der Waals surface area contributed by atoms with Gasteiger partial charge in [-0.25, -0.2) is 4.57 Å². The van der Waals surface area contributed by atoms with Gasteiger partial charge in [0.1, 0.15) is 7.05 Å². The molecule has 0 saturated carbocycles. The average Bonchev–Trinajstić information content (AvgIpc) is 2.38. The molecule has 1 aromatic rings. The summed E-state index contributed by atoms with van der Waals surface area (Å²) < 4.78 is 1.87. The number of aliphatic imine (C=N–C) groups is 1. The zero-order valence-corrected chi connectivity index (χ0v) is 14.1. The topological polar surface area (TPSA) is 69.4 Å². The minimum atomic E-state index is -0.185. The van der Waals surface area contributed by atoms with Gasteiger partial charge in [0, 0.05) is 30.6 Å². The number of aromatic nitrogens is 1. The number of amides is 1. The van der Waals surface area contributed by atoms with E-state index < -0.39 is 0 Å². The van der Waals surface area contributed by atoms with Gasteiger partial charge in [0.05, 0.1) is 5.56 Å². The molecular weight excluding hydrogens is 369 g/mol. The highest BCUT2D eigenvalue weighted by molar-refractivity contribution is 5.95. The predicted molar refractivity (Wildman–Crippen MR) is 72.3 cm³/mol. The fourth-order valence-electron chi connectivity index (χ4n) is 1.65. The number of carbonyl (C=O) groups excluding carboxylic acids is 1. The van der Waals surface area contributed by atoms with E-state index in [-0.39, 0.29) is 35.3 Å². The van der Waals surface area contributed by atoms with Gasteiger partial charge in [-0.3, -0.25) is 20.6 Å². The van der Waals surface area contributed by atoms with Gasteiger partial charge in [0.25, 0.3) is 5.91 Å². The molecule has 0 unspecified atom stereocenters. The smallest absolute Gasteiger partial charge is 0.270 e. The van der Waals surface area contributed by atoms with Crippen LogP contribution in [0.4, 0.5) is 0 Å². The molecule has 110 valence electrons. The number of carbonyl (C=O) groups is 1. The lowest BCUT2D eigenvalue weighted by molar-refractivity contribution is -0.671. The maximum Gasteiger partial charge on any atom is 0.270 e. The van der Waals surface area contributed by atoms with E-state index in [1.54, 1.807) is 12.1 Å². The number of nitrogens with one attached hydrogen (secondary N) is 3. The number of nitrogens with zero attached hydrogens (tertiary/aromatic N) is 2. The number of pyridine rings is 1. The summed E-state index contributed by atoms with van der Waals surface area (Å²) >= 11 is 0. The van der Waals surface area contributed by atoms with Crippen molar-refractivity contribution in [2.75, 3.05) is 13.1 Å². The van der Waals surface area contributed by atoms with Crippen LogP contribution < -0.4 is 44.7 Å². The van der Waals surface area contributed by atoms with E-state index in [0.29, 0.717) is 11.5 Å². The number of hydrogen-bond donors (Lipinski definition) is 3. The van der Waals surface area contributed by atoms with E-state index in [0.717, 1.165) is 13.1 Å². The van der Waals surface area contributed by atoms with Crippen LogP contribution in [0.1, 0.15) is 24.2 Å². The Bertz CT molecular complexity index is 498. The SMILES string of the molecule is C[n+]1ccc(C(=O)NNC2=NCC(C)(C)CN2)cc1.[I-]. The molecule has 0 fully saturated rings. The third-order valence-electron chi connectivity index (χ3n) is 2.93. The lowest BCUT2D eigenvalue weighted by Crippen LogP contribution is -3.00.